The maximum Gasteiger partial charge on any atom is 0.319 e. The van der Waals surface area contributed by atoms with Crippen LogP contribution in [0.25, 0.3) is 0 Å². The van der Waals surface area contributed by atoms with Gasteiger partial charge in [-0.3, -0.25) is 4.79 Å². The molecule has 6 nitrogen and oxygen atoms in total. The van der Waals surface area contributed by atoms with E-state index in [0.717, 1.165) is 63.0 Å². The summed E-state index contributed by atoms with van der Waals surface area (Å²) in [6.45, 7) is 3.56. The minimum atomic E-state index is -0.188. The number of nitrogens with zero attached hydrogens (tertiary/aromatic N) is 1. The monoisotopic (exact) mass is 536 g/mol. The van der Waals surface area contributed by atoms with Crippen molar-refractivity contribution in [2.24, 2.45) is 5.92 Å². The summed E-state index contributed by atoms with van der Waals surface area (Å²) in [6, 6.07) is 12.6. The number of benzene rings is 2. The second-order valence-electron chi connectivity index (χ2n) is 9.37. The third kappa shape index (κ3) is 7.74. The average molecular weight is 538 g/mol. The van der Waals surface area contributed by atoms with Crippen molar-refractivity contribution in [1.82, 2.24) is 15.5 Å². The first kappa shape index (κ1) is 26.1. The van der Waals surface area contributed by atoms with Crippen LogP contribution in [0.5, 0.6) is 0 Å². The van der Waals surface area contributed by atoms with E-state index in [-0.39, 0.29) is 29.8 Å². The molecule has 0 radical (unpaired) electrons. The predicted molar refractivity (Wildman–Crippen MR) is 143 cm³/mol. The van der Waals surface area contributed by atoms with Crippen LogP contribution in [0.2, 0.25) is 15.1 Å². The highest BCUT2D eigenvalue weighted by molar-refractivity contribution is 6.42. The third-order valence-electron chi connectivity index (χ3n) is 6.66. The van der Waals surface area contributed by atoms with Gasteiger partial charge in [0, 0.05) is 42.3 Å². The van der Waals surface area contributed by atoms with Crippen LogP contribution in [0.3, 0.4) is 0 Å². The number of anilines is 1. The Bertz CT molecular complexity index is 1030. The van der Waals surface area contributed by atoms with Crippen LogP contribution in [0.15, 0.2) is 42.5 Å². The van der Waals surface area contributed by atoms with Crippen molar-refractivity contribution < 1.29 is 9.59 Å². The first-order valence-electron chi connectivity index (χ1n) is 12.2. The van der Waals surface area contributed by atoms with Crippen molar-refractivity contribution in [3.05, 3.63) is 63.1 Å². The Morgan fingerprint density at radius 1 is 0.971 bits per heavy atom. The minimum Gasteiger partial charge on any atom is -0.356 e. The molecule has 35 heavy (non-hydrogen) atoms. The van der Waals surface area contributed by atoms with Crippen LogP contribution in [0.4, 0.5) is 10.5 Å². The van der Waals surface area contributed by atoms with E-state index in [1.54, 1.807) is 30.3 Å². The number of hydrogen-bond donors (Lipinski definition) is 3. The van der Waals surface area contributed by atoms with Gasteiger partial charge >= 0.3 is 6.03 Å². The predicted octanol–water partition coefficient (Wildman–Crippen LogP) is 5.93. The molecule has 3 atom stereocenters. The quantitative estimate of drug-likeness (QED) is 0.329. The first-order chi connectivity index (χ1) is 16.9. The Labute approximate surface area is 221 Å². The lowest BCUT2D eigenvalue weighted by Crippen LogP contribution is -2.39. The molecule has 0 bridgehead atoms. The molecule has 1 saturated heterocycles. The minimum absolute atomic E-state index is 0.0400. The third-order valence-corrected chi connectivity index (χ3v) is 7.65. The van der Waals surface area contributed by atoms with Gasteiger partial charge < -0.3 is 20.9 Å². The number of carbonyl (C=O) groups is 2. The van der Waals surface area contributed by atoms with Crippen LogP contribution >= 0.6 is 34.8 Å². The molecule has 2 aliphatic rings. The number of amides is 3. The Morgan fingerprint density at radius 3 is 2.54 bits per heavy atom. The molecule has 2 fully saturated rings. The molecule has 0 unspecified atom stereocenters. The summed E-state index contributed by atoms with van der Waals surface area (Å²) in [5.74, 6) is 0.416. The van der Waals surface area contributed by atoms with E-state index in [9.17, 15) is 9.59 Å². The van der Waals surface area contributed by atoms with Gasteiger partial charge in [-0.15, -0.1) is 0 Å². The molecule has 1 heterocycles. The SMILES string of the molecule is O=C(Nc1ccc(Cl)cc1)N[C@H]1CCN(CCCCCNC(=O)[C@@H]2C[C@H]2c2ccc(Cl)c(Cl)c2)C1. The van der Waals surface area contributed by atoms with Crippen molar-refractivity contribution in [2.45, 2.75) is 44.1 Å². The molecule has 2 aromatic carbocycles. The molecule has 3 amide bonds. The van der Waals surface area contributed by atoms with Gasteiger partial charge in [0.15, 0.2) is 0 Å². The van der Waals surface area contributed by atoms with E-state index in [1.807, 2.05) is 12.1 Å². The number of rotatable bonds is 10. The molecular formula is C26H31Cl3N4O2. The van der Waals surface area contributed by atoms with Gasteiger partial charge in [-0.05, 0) is 80.1 Å². The molecule has 1 aliphatic heterocycles. The highest BCUT2D eigenvalue weighted by atomic mass is 35.5. The van der Waals surface area contributed by atoms with E-state index in [2.05, 4.69) is 20.9 Å². The fraction of sp³-hybridized carbons (Fsp3) is 0.462. The topological polar surface area (TPSA) is 73.5 Å². The summed E-state index contributed by atoms with van der Waals surface area (Å²) in [6.07, 6.45) is 4.92. The maximum absolute atomic E-state index is 12.4. The van der Waals surface area contributed by atoms with Gasteiger partial charge in [-0.1, -0.05) is 47.3 Å². The first-order valence-corrected chi connectivity index (χ1v) is 13.3. The molecule has 1 aliphatic carbocycles. The molecular weight excluding hydrogens is 507 g/mol. The van der Waals surface area contributed by atoms with Crippen LogP contribution in [0, 0.1) is 5.92 Å². The van der Waals surface area contributed by atoms with Gasteiger partial charge in [0.2, 0.25) is 5.91 Å². The molecule has 9 heteroatoms. The average Bonchev–Trinajstić information content (AvgIpc) is 3.52. The summed E-state index contributed by atoms with van der Waals surface area (Å²) in [7, 11) is 0. The van der Waals surface area contributed by atoms with Gasteiger partial charge in [-0.2, -0.15) is 0 Å². The van der Waals surface area contributed by atoms with Crippen molar-refractivity contribution >= 4 is 52.4 Å². The molecule has 3 N–H and O–H groups in total. The number of hydrogen-bond acceptors (Lipinski definition) is 3. The zero-order valence-electron chi connectivity index (χ0n) is 19.5. The van der Waals surface area contributed by atoms with E-state index >= 15 is 0 Å². The summed E-state index contributed by atoms with van der Waals surface area (Å²) < 4.78 is 0. The highest BCUT2D eigenvalue weighted by Crippen LogP contribution is 2.48. The Balaban J connectivity index is 1.04. The molecule has 2 aromatic rings. The lowest BCUT2D eigenvalue weighted by Gasteiger charge is -2.17. The molecule has 0 aromatic heterocycles. The van der Waals surface area contributed by atoms with Crippen LogP contribution in [-0.4, -0.2) is 49.1 Å². The van der Waals surface area contributed by atoms with Crippen LogP contribution < -0.4 is 16.0 Å². The van der Waals surface area contributed by atoms with E-state index in [1.165, 1.54) is 0 Å². The van der Waals surface area contributed by atoms with E-state index in [0.29, 0.717) is 21.6 Å². The number of unbranched alkanes of at least 4 members (excludes halogenated alkanes) is 2. The second-order valence-corrected chi connectivity index (χ2v) is 10.6. The smallest absolute Gasteiger partial charge is 0.319 e. The highest BCUT2D eigenvalue weighted by Gasteiger charge is 2.43. The van der Waals surface area contributed by atoms with Gasteiger partial charge in [-0.25, -0.2) is 4.79 Å². The number of carbonyl (C=O) groups excluding carboxylic acids is 2. The van der Waals surface area contributed by atoms with Gasteiger partial charge in [0.25, 0.3) is 0 Å². The molecule has 188 valence electrons. The Hall–Kier alpha value is -1.99. The van der Waals surface area contributed by atoms with E-state index < -0.39 is 0 Å². The fourth-order valence-electron chi connectivity index (χ4n) is 4.62. The molecule has 4 rings (SSSR count). The van der Waals surface area contributed by atoms with Crippen LogP contribution in [0.1, 0.15) is 43.6 Å². The van der Waals surface area contributed by atoms with Gasteiger partial charge in [0.1, 0.15) is 0 Å². The number of likely N-dealkylation sites (tertiary alicyclic amines) is 1. The summed E-state index contributed by atoms with van der Waals surface area (Å²) in [4.78, 5) is 27.0. The molecule has 0 spiro atoms. The lowest BCUT2D eigenvalue weighted by atomic mass is 10.1. The number of nitrogens with one attached hydrogen (secondary N) is 3. The number of halogens is 3. The van der Waals surface area contributed by atoms with Gasteiger partial charge in [0.05, 0.1) is 10.0 Å². The van der Waals surface area contributed by atoms with E-state index in [4.69, 9.17) is 34.8 Å². The van der Waals surface area contributed by atoms with Crippen molar-refractivity contribution in [2.75, 3.05) is 31.5 Å². The number of urea groups is 1. The Morgan fingerprint density at radius 2 is 1.77 bits per heavy atom. The maximum atomic E-state index is 12.4. The summed E-state index contributed by atoms with van der Waals surface area (Å²) in [5.41, 5.74) is 1.81. The van der Waals surface area contributed by atoms with Crippen LogP contribution in [-0.2, 0) is 4.79 Å². The van der Waals surface area contributed by atoms with Crippen molar-refractivity contribution in [1.29, 1.82) is 0 Å². The van der Waals surface area contributed by atoms with Crippen molar-refractivity contribution in [3.63, 3.8) is 0 Å². The zero-order valence-corrected chi connectivity index (χ0v) is 21.8. The largest absolute Gasteiger partial charge is 0.356 e. The van der Waals surface area contributed by atoms with Crippen molar-refractivity contribution in [3.8, 4) is 0 Å². The second kappa shape index (κ2) is 12.3. The fourth-order valence-corrected chi connectivity index (χ4v) is 5.05. The lowest BCUT2D eigenvalue weighted by molar-refractivity contribution is -0.122. The summed E-state index contributed by atoms with van der Waals surface area (Å²) in [5, 5.41) is 10.7. The molecule has 1 saturated carbocycles. The zero-order chi connectivity index (χ0) is 24.8. The summed E-state index contributed by atoms with van der Waals surface area (Å²) >= 11 is 17.9. The standard InChI is InChI=1S/C26H31Cl3N4O2/c27-18-5-7-19(8-6-18)31-26(35)32-20-10-13-33(16-20)12-3-1-2-11-30-25(34)22-15-21(22)17-4-9-23(28)24(29)14-17/h4-9,14,20-22H,1-3,10-13,15-16H2,(H,30,34)(H2,31,32,35)/t20-,21-,22+/m0/s1. The Kier molecular flexibility index (Phi) is 9.17. The normalized spacial score (nSPS) is 21.5.